The van der Waals surface area contributed by atoms with Crippen LogP contribution >= 0.6 is 11.3 Å². The first kappa shape index (κ1) is 26.9. The monoisotopic (exact) mass is 551 g/mol. The zero-order valence-electron chi connectivity index (χ0n) is 20.9. The molecule has 0 fully saturated rings. The maximum Gasteiger partial charge on any atom is 0.271 e. The second kappa shape index (κ2) is 11.5. The first-order chi connectivity index (χ1) is 18.3. The molecule has 0 aliphatic heterocycles. The molecule has 1 unspecified atom stereocenters. The maximum absolute atomic E-state index is 13.5. The largest absolute Gasteiger partial charge is 0.493 e. The van der Waals surface area contributed by atoms with Gasteiger partial charge in [-0.1, -0.05) is 30.4 Å². The van der Waals surface area contributed by atoms with E-state index in [0.29, 0.717) is 45.6 Å². The second-order valence-electron chi connectivity index (χ2n) is 7.99. The van der Waals surface area contributed by atoms with E-state index in [2.05, 4.69) is 10.3 Å². The third kappa shape index (κ3) is 5.72. The van der Waals surface area contributed by atoms with Crippen LogP contribution in [-0.4, -0.2) is 38.8 Å². The number of rotatable bonds is 10. The number of sulfone groups is 1. The van der Waals surface area contributed by atoms with E-state index < -0.39 is 21.8 Å². The van der Waals surface area contributed by atoms with Crippen LogP contribution in [0.4, 0.5) is 5.13 Å². The number of nitrogens with zero attached hydrogens (tertiary/aromatic N) is 2. The highest BCUT2D eigenvalue weighted by molar-refractivity contribution is 7.91. The molecule has 0 radical (unpaired) electrons. The number of hydrogen-bond donors (Lipinski definition) is 1. The Morgan fingerprint density at radius 1 is 1.08 bits per heavy atom. The van der Waals surface area contributed by atoms with Crippen molar-refractivity contribution in [3.05, 3.63) is 71.8 Å². The summed E-state index contributed by atoms with van der Waals surface area (Å²) in [5.41, 5.74) is 1.52. The van der Waals surface area contributed by atoms with Gasteiger partial charge in [0.2, 0.25) is 6.10 Å². The quantitative estimate of drug-likeness (QED) is 0.287. The summed E-state index contributed by atoms with van der Waals surface area (Å²) in [4.78, 5) is 18.2. The summed E-state index contributed by atoms with van der Waals surface area (Å²) in [6, 6.07) is 17.9. The molecule has 9 nitrogen and oxygen atoms in total. The van der Waals surface area contributed by atoms with Crippen molar-refractivity contribution in [3.8, 4) is 23.3 Å². The lowest BCUT2D eigenvalue weighted by Crippen LogP contribution is -2.25. The topological polar surface area (TPSA) is 128 Å². The minimum Gasteiger partial charge on any atom is -0.493 e. The molecule has 38 heavy (non-hydrogen) atoms. The van der Waals surface area contributed by atoms with Crippen LogP contribution in [0.3, 0.4) is 0 Å². The van der Waals surface area contributed by atoms with Gasteiger partial charge in [-0.2, -0.15) is 5.26 Å². The van der Waals surface area contributed by atoms with E-state index in [9.17, 15) is 13.2 Å². The molecule has 1 atom stereocenters. The molecule has 0 aliphatic rings. The minimum absolute atomic E-state index is 0.0376. The van der Waals surface area contributed by atoms with Crippen LogP contribution in [-0.2, 0) is 14.6 Å². The minimum atomic E-state index is -3.41. The van der Waals surface area contributed by atoms with Crippen molar-refractivity contribution in [1.29, 1.82) is 5.26 Å². The predicted octanol–water partition coefficient (Wildman–Crippen LogP) is 5.13. The van der Waals surface area contributed by atoms with Gasteiger partial charge in [-0.3, -0.25) is 10.1 Å². The Kier molecular flexibility index (Phi) is 8.14. The smallest absolute Gasteiger partial charge is 0.271 e. The standard InChI is InChI=1S/C27H25N3O6S2/c1-4-35-24-22(34-3)15-14-21-25(24)37-27(29-21)30-26(31)23(36-19-10-6-17(16-28)7-11-19)18-8-12-20(13-9-18)38(32,33)5-2/h6-15,23H,4-5H2,1-3H3,(H,29,30,31). The lowest BCUT2D eigenvalue weighted by atomic mass is 10.1. The number of carbonyl (C=O) groups excluding carboxylic acids is 1. The second-order valence-corrected chi connectivity index (χ2v) is 11.3. The fourth-order valence-corrected chi connectivity index (χ4v) is 5.49. The third-order valence-corrected chi connectivity index (χ3v) is 8.35. The van der Waals surface area contributed by atoms with Gasteiger partial charge >= 0.3 is 0 Å². The van der Waals surface area contributed by atoms with Crippen LogP contribution in [0.2, 0.25) is 0 Å². The molecule has 1 N–H and O–H groups in total. The predicted molar refractivity (Wildman–Crippen MR) is 145 cm³/mol. The van der Waals surface area contributed by atoms with Crippen molar-refractivity contribution in [2.24, 2.45) is 0 Å². The van der Waals surface area contributed by atoms with Crippen LogP contribution < -0.4 is 19.5 Å². The number of thiazole rings is 1. The van der Waals surface area contributed by atoms with E-state index in [1.807, 2.05) is 13.0 Å². The van der Waals surface area contributed by atoms with Gasteiger partial charge in [0.25, 0.3) is 5.91 Å². The Hall–Kier alpha value is -4.14. The number of hydrogen-bond acceptors (Lipinski definition) is 9. The van der Waals surface area contributed by atoms with Crippen LogP contribution in [0, 0.1) is 11.3 Å². The van der Waals surface area contributed by atoms with E-state index in [4.69, 9.17) is 19.5 Å². The van der Waals surface area contributed by atoms with Crippen LogP contribution in [0.25, 0.3) is 10.2 Å². The molecular weight excluding hydrogens is 526 g/mol. The van der Waals surface area contributed by atoms with Crippen molar-refractivity contribution < 1.29 is 27.4 Å². The van der Waals surface area contributed by atoms with Crippen molar-refractivity contribution in [2.75, 3.05) is 24.8 Å². The normalized spacial score (nSPS) is 11.9. The van der Waals surface area contributed by atoms with Crippen molar-refractivity contribution >= 4 is 42.4 Å². The lowest BCUT2D eigenvalue weighted by Gasteiger charge is -2.19. The van der Waals surface area contributed by atoms with Crippen molar-refractivity contribution in [3.63, 3.8) is 0 Å². The number of anilines is 1. The van der Waals surface area contributed by atoms with E-state index in [0.717, 1.165) is 4.70 Å². The zero-order valence-corrected chi connectivity index (χ0v) is 22.6. The molecule has 1 heterocycles. The molecule has 3 aromatic carbocycles. The van der Waals surface area contributed by atoms with Gasteiger partial charge in [-0.25, -0.2) is 13.4 Å². The summed E-state index contributed by atoms with van der Waals surface area (Å²) >= 11 is 1.24. The summed E-state index contributed by atoms with van der Waals surface area (Å²) in [5, 5.41) is 12.2. The number of carbonyl (C=O) groups is 1. The SMILES string of the molecule is CCOc1c(OC)ccc2nc(NC(=O)C(Oc3ccc(C#N)cc3)c3ccc(S(=O)(=O)CC)cc3)sc12. The average molecular weight is 552 g/mol. The summed E-state index contributed by atoms with van der Waals surface area (Å²) in [6.45, 7) is 3.86. The maximum atomic E-state index is 13.5. The molecule has 0 spiro atoms. The van der Waals surface area contributed by atoms with Gasteiger partial charge in [0.15, 0.2) is 26.5 Å². The average Bonchev–Trinajstić information content (AvgIpc) is 3.35. The van der Waals surface area contributed by atoms with E-state index in [1.165, 1.54) is 23.5 Å². The number of amides is 1. The number of nitriles is 1. The number of methoxy groups -OCH3 is 1. The van der Waals surface area contributed by atoms with Gasteiger partial charge < -0.3 is 14.2 Å². The molecular formula is C27H25N3O6S2. The number of fused-ring (bicyclic) bond motifs is 1. The first-order valence-corrected chi connectivity index (χ1v) is 14.2. The molecule has 4 rings (SSSR count). The third-order valence-electron chi connectivity index (χ3n) is 5.61. The van der Waals surface area contributed by atoms with Crippen molar-refractivity contribution in [1.82, 2.24) is 4.98 Å². The zero-order chi connectivity index (χ0) is 27.3. The Balaban J connectivity index is 1.67. The van der Waals surface area contributed by atoms with Gasteiger partial charge in [-0.05, 0) is 55.5 Å². The first-order valence-electron chi connectivity index (χ1n) is 11.7. The summed E-state index contributed by atoms with van der Waals surface area (Å²) < 4.78 is 42.4. The van der Waals surface area contributed by atoms with Crippen LogP contribution in [0.1, 0.15) is 31.1 Å². The Morgan fingerprint density at radius 3 is 2.39 bits per heavy atom. The molecule has 1 amide bonds. The fraction of sp³-hybridized carbons (Fsp3) is 0.222. The van der Waals surface area contributed by atoms with Gasteiger partial charge in [0, 0.05) is 5.56 Å². The summed E-state index contributed by atoms with van der Waals surface area (Å²) in [6.07, 6.45) is -1.13. The molecule has 4 aromatic rings. The number of ether oxygens (including phenoxy) is 3. The summed E-state index contributed by atoms with van der Waals surface area (Å²) in [5.74, 6) is 0.921. The summed E-state index contributed by atoms with van der Waals surface area (Å²) in [7, 11) is -1.86. The molecule has 0 aliphatic carbocycles. The van der Waals surface area contributed by atoms with Crippen LogP contribution in [0.15, 0.2) is 65.6 Å². The Labute approximate surface area is 224 Å². The van der Waals surface area contributed by atoms with Gasteiger partial charge in [0.05, 0.1) is 41.5 Å². The van der Waals surface area contributed by atoms with Gasteiger partial charge in [0.1, 0.15) is 10.4 Å². The molecule has 0 saturated carbocycles. The highest BCUT2D eigenvalue weighted by atomic mass is 32.2. The number of nitrogens with one attached hydrogen (secondary N) is 1. The fourth-order valence-electron chi connectivity index (χ4n) is 3.65. The highest BCUT2D eigenvalue weighted by Gasteiger charge is 2.26. The Morgan fingerprint density at radius 2 is 1.79 bits per heavy atom. The van der Waals surface area contributed by atoms with E-state index in [1.54, 1.807) is 62.6 Å². The van der Waals surface area contributed by atoms with Gasteiger partial charge in [-0.15, -0.1) is 0 Å². The molecule has 196 valence electrons. The molecule has 0 saturated heterocycles. The molecule has 11 heteroatoms. The highest BCUT2D eigenvalue weighted by Crippen LogP contribution is 2.40. The number of benzene rings is 3. The van der Waals surface area contributed by atoms with Crippen LogP contribution in [0.5, 0.6) is 17.2 Å². The molecule has 0 bridgehead atoms. The number of aromatic nitrogens is 1. The Bertz CT molecular complexity index is 1590. The van der Waals surface area contributed by atoms with E-state index >= 15 is 0 Å². The van der Waals surface area contributed by atoms with Crippen molar-refractivity contribution in [2.45, 2.75) is 24.8 Å². The van der Waals surface area contributed by atoms with E-state index in [-0.39, 0.29) is 10.6 Å². The molecule has 1 aromatic heterocycles. The lowest BCUT2D eigenvalue weighted by molar-refractivity contribution is -0.123.